The number of nitrogens with zero attached hydrogens (tertiary/aromatic N) is 3. The van der Waals surface area contributed by atoms with Crippen molar-refractivity contribution in [3.05, 3.63) is 29.8 Å². The fourth-order valence-corrected chi connectivity index (χ4v) is 17.9. The molecule has 6 rings (SSSR count). The first-order valence-corrected chi connectivity index (χ1v) is 42.6. The van der Waals surface area contributed by atoms with Crippen LogP contribution in [0.2, 0.25) is 0 Å². The second-order valence-electron chi connectivity index (χ2n) is 29.1. The van der Waals surface area contributed by atoms with Crippen molar-refractivity contribution < 1.29 is 102 Å². The smallest absolute Gasteiger partial charge is 0.327 e. The lowest BCUT2D eigenvalue weighted by molar-refractivity contribution is -0.148. The van der Waals surface area contributed by atoms with Crippen molar-refractivity contribution >= 4 is 150 Å². The van der Waals surface area contributed by atoms with Crippen LogP contribution in [0.4, 0.5) is 0 Å². The third kappa shape index (κ3) is 28.3. The number of carboxylic acids is 1. The molecular weight excluding hydrogens is 1570 g/mol. The highest BCUT2D eigenvalue weighted by molar-refractivity contribution is 8.77. The molecule has 17 amide bonds. The highest BCUT2D eigenvalue weighted by Gasteiger charge is 2.47. The van der Waals surface area contributed by atoms with Crippen LogP contribution in [0, 0.1) is 11.8 Å². The molecule has 5 heterocycles. The molecule has 0 spiro atoms. The molecule has 44 heteroatoms. The third-order valence-corrected chi connectivity index (χ3v) is 24.0. The third-order valence-electron chi connectivity index (χ3n) is 19.2. The van der Waals surface area contributed by atoms with E-state index >= 15 is 0 Å². The van der Waals surface area contributed by atoms with Gasteiger partial charge in [0.15, 0.2) is 0 Å². The molecule has 5 fully saturated rings. The van der Waals surface area contributed by atoms with E-state index in [1.54, 1.807) is 27.7 Å². The summed E-state index contributed by atoms with van der Waals surface area (Å²) in [6.45, 7) is 6.37. The van der Waals surface area contributed by atoms with Crippen LogP contribution >= 0.6 is 43.2 Å². The lowest BCUT2D eigenvalue weighted by Crippen LogP contribution is -2.61. The number of hydrogen-bond acceptors (Lipinski definition) is 26. The van der Waals surface area contributed by atoms with Crippen LogP contribution in [0.3, 0.4) is 0 Å². The molecule has 5 saturated heterocycles. The monoisotopic (exact) mass is 1680 g/mol. The predicted molar refractivity (Wildman–Crippen MR) is 418 cm³/mol. The van der Waals surface area contributed by atoms with E-state index in [1.807, 2.05) is 0 Å². The molecule has 23 N–H and O–H groups in total. The Labute approximate surface area is 674 Å². The number of benzene rings is 1. The van der Waals surface area contributed by atoms with Gasteiger partial charge in [-0.2, -0.15) is 0 Å². The van der Waals surface area contributed by atoms with Crippen molar-refractivity contribution in [3.63, 3.8) is 0 Å². The Bertz CT molecular complexity index is 3660. The van der Waals surface area contributed by atoms with Crippen molar-refractivity contribution in [1.82, 2.24) is 78.5 Å². The fraction of sp³-hybridized carbons (Fsp3) is 0.657. The Kier molecular flexibility index (Phi) is 37.6. The number of fused-ring (bicyclic) bond motifs is 11. The molecule has 0 aromatic heterocycles. The van der Waals surface area contributed by atoms with Crippen LogP contribution in [0.25, 0.3) is 0 Å². The van der Waals surface area contributed by atoms with Crippen LogP contribution in [0.15, 0.2) is 24.3 Å². The number of carbonyl (C=O) groups is 18. The number of aliphatic carboxylic acids is 1. The minimum atomic E-state index is -1.93. The summed E-state index contributed by atoms with van der Waals surface area (Å²) in [5, 5.41) is 61.7. The van der Waals surface area contributed by atoms with Crippen LogP contribution in [-0.4, -0.2) is 289 Å². The standard InChI is InChI=1S/C70H107N19O21S4/c1-34(2)23-40-58(97)80-42(26-53(73)92)60(99)82-44(27-54(74)93)68(107)87-20-8-12-50(87)65(104)77-39(11-6-7-19-71)57(96)79-41(25-37-15-17-38(91)18-16-37)59(98)86-49(70(109)110)33-114-113-32-48-64(103)83-45(29-90)61(100)81-43(24-35(3)4)67(106)89-22-10-14-52(89)69(108)88-21-9-13-51(88)66(105)85-47(62(101)75-36(5)56(95)78-40)31-112-111-30-46(63(102)84-48)76-55(94)28-72/h15-18,34-36,39-52,90-91H,6-14,19-33,71-72H2,1-5H3,(H2,73,92)(H2,74,93)(H,75,101)(H,76,94)(H,77,104)(H,78,95)(H,79,96)(H,80,97)(H,81,100)(H,82,99)(H,83,103)(H,84,102)(H,85,105)(H,86,98)(H,109,110)/t36-,39-,40-,41-,42-,43-,44-,45-,46-,47-,48-,49-,50-,51-,52-/m0/s1. The SMILES string of the molecule is CC(C)C[C@@H]1NC(=O)[C@H](C)NC(=O)[C@@H]2CSSC[C@H](NC(=O)CN)C(=O)N[C@@H](CSSC[C@@H](C(=O)O)NC(=O)[C@H](Cc3ccc(O)cc3)NC(=O)[C@H](CCCCN)NC(=O)[C@@H]3CCCN3C(=O)[C@H](CC(N)=O)NC(=O)[C@H](CC(N)=O)NC1=O)C(=O)N[C@@H](CO)C(=O)N[C@@H](CC(C)C)C(=O)N1CCC[C@H]1C(=O)N1CCC[C@H]1C(=O)N2. The number of aliphatic hydroxyl groups excluding tert-OH is 1. The number of nitrogens with one attached hydrogen (secondary N) is 12. The maximum Gasteiger partial charge on any atom is 0.327 e. The molecule has 632 valence electrons. The maximum atomic E-state index is 14.8. The molecule has 1 aromatic carbocycles. The summed E-state index contributed by atoms with van der Waals surface area (Å²) in [6.07, 6.45) is -1.03. The second kappa shape index (κ2) is 45.7. The summed E-state index contributed by atoms with van der Waals surface area (Å²) in [5.74, 6) is -21.3. The summed E-state index contributed by atoms with van der Waals surface area (Å²) in [6, 6.07) is -18.4. The Morgan fingerprint density at radius 1 is 0.482 bits per heavy atom. The van der Waals surface area contributed by atoms with Crippen LogP contribution in [0.5, 0.6) is 5.75 Å². The van der Waals surface area contributed by atoms with E-state index in [9.17, 15) is 102 Å². The lowest BCUT2D eigenvalue weighted by Gasteiger charge is -2.34. The van der Waals surface area contributed by atoms with E-state index in [-0.39, 0.29) is 107 Å². The molecule has 2 bridgehead atoms. The Hall–Kier alpha value is -9.24. The topological polar surface area (TPSA) is 626 Å². The zero-order valence-corrected chi connectivity index (χ0v) is 67.3. The first kappa shape index (κ1) is 93.6. The normalized spacial score (nSPS) is 28.2. The van der Waals surface area contributed by atoms with Gasteiger partial charge in [-0.05, 0) is 114 Å². The van der Waals surface area contributed by atoms with Gasteiger partial charge in [-0.3, -0.25) is 81.5 Å². The number of phenolic OH excluding ortho intramolecular Hbond substituents is 1. The van der Waals surface area contributed by atoms with E-state index in [0.717, 1.165) is 48.1 Å². The molecule has 114 heavy (non-hydrogen) atoms. The second-order valence-corrected chi connectivity index (χ2v) is 34.3. The first-order chi connectivity index (χ1) is 54.0. The molecule has 0 saturated carbocycles. The number of amides is 17. The van der Waals surface area contributed by atoms with E-state index in [1.165, 1.54) is 41.0 Å². The van der Waals surface area contributed by atoms with Crippen LogP contribution in [-0.2, 0) is 92.7 Å². The Morgan fingerprint density at radius 3 is 1.49 bits per heavy atom. The highest BCUT2D eigenvalue weighted by atomic mass is 33.1. The molecule has 5 aliphatic rings. The summed E-state index contributed by atoms with van der Waals surface area (Å²) in [5.41, 5.74) is 23.1. The number of unbranched alkanes of at least 4 members (excludes halogenated alkanes) is 1. The average Bonchev–Trinajstić information content (AvgIpc) is 1.64. The molecule has 1 aromatic rings. The van der Waals surface area contributed by atoms with Crippen molar-refractivity contribution in [3.8, 4) is 5.75 Å². The minimum Gasteiger partial charge on any atom is -0.508 e. The summed E-state index contributed by atoms with van der Waals surface area (Å²) >= 11 is 0. The molecule has 0 unspecified atom stereocenters. The van der Waals surface area contributed by atoms with Gasteiger partial charge < -0.3 is 117 Å². The van der Waals surface area contributed by atoms with Gasteiger partial charge in [-0.25, -0.2) is 4.79 Å². The number of nitrogens with two attached hydrogens (primary N) is 4. The largest absolute Gasteiger partial charge is 0.508 e. The molecule has 15 atom stereocenters. The summed E-state index contributed by atoms with van der Waals surface area (Å²) in [4.78, 5) is 260. The maximum absolute atomic E-state index is 14.8. The summed E-state index contributed by atoms with van der Waals surface area (Å²) < 4.78 is 0. The van der Waals surface area contributed by atoms with E-state index in [2.05, 4.69) is 63.8 Å². The van der Waals surface area contributed by atoms with Gasteiger partial charge in [0.1, 0.15) is 96.4 Å². The van der Waals surface area contributed by atoms with Crippen LogP contribution in [0.1, 0.15) is 124 Å². The molecule has 5 aliphatic heterocycles. The molecule has 0 aliphatic carbocycles. The molecular formula is C70H107N19O21S4. The van der Waals surface area contributed by atoms with E-state index in [4.69, 9.17) is 22.9 Å². The number of aromatic hydroxyl groups is 1. The van der Waals surface area contributed by atoms with E-state index < -0.39 is 240 Å². The summed E-state index contributed by atoms with van der Waals surface area (Å²) in [7, 11) is 3.24. The fourth-order valence-electron chi connectivity index (χ4n) is 13.3. The quantitative estimate of drug-likeness (QED) is 0.0480. The highest BCUT2D eigenvalue weighted by Crippen LogP contribution is 2.30. The van der Waals surface area contributed by atoms with Gasteiger partial charge >= 0.3 is 5.97 Å². The number of phenols is 1. The number of carbonyl (C=O) groups excluding carboxylic acids is 17. The predicted octanol–water partition coefficient (Wildman–Crippen LogP) is -6.46. The van der Waals surface area contributed by atoms with Gasteiger partial charge in [0.25, 0.3) is 0 Å². The number of aliphatic hydroxyl groups is 1. The molecule has 0 radical (unpaired) electrons. The van der Waals surface area contributed by atoms with Gasteiger partial charge in [0.2, 0.25) is 100 Å². The van der Waals surface area contributed by atoms with Gasteiger partial charge in [-0.15, -0.1) is 0 Å². The van der Waals surface area contributed by atoms with Crippen molar-refractivity contribution in [1.29, 1.82) is 0 Å². The number of rotatable bonds is 18. The lowest BCUT2D eigenvalue weighted by atomic mass is 10.0. The number of primary amides is 2. The number of hydrogen-bond donors (Lipinski definition) is 19. The van der Waals surface area contributed by atoms with Gasteiger partial charge in [0.05, 0.1) is 26.0 Å². The molecule has 40 nitrogen and oxygen atoms in total. The van der Waals surface area contributed by atoms with Crippen molar-refractivity contribution in [2.45, 2.75) is 215 Å². The zero-order valence-electron chi connectivity index (χ0n) is 64.1. The van der Waals surface area contributed by atoms with Gasteiger partial charge in [-0.1, -0.05) is 83.0 Å². The average molecular weight is 1680 g/mol. The van der Waals surface area contributed by atoms with E-state index in [0.29, 0.717) is 24.8 Å². The number of carboxylic acid groups (broad SMARTS) is 1. The van der Waals surface area contributed by atoms with Crippen LogP contribution < -0.4 is 86.7 Å². The Morgan fingerprint density at radius 2 is 0.921 bits per heavy atom. The van der Waals surface area contributed by atoms with Gasteiger partial charge in [0, 0.05) is 49.1 Å². The van der Waals surface area contributed by atoms with Crippen molar-refractivity contribution in [2.24, 2.45) is 34.8 Å². The van der Waals surface area contributed by atoms with Crippen molar-refractivity contribution in [2.75, 3.05) is 62.3 Å². The minimum absolute atomic E-state index is 0.0224. The first-order valence-electron chi connectivity index (χ1n) is 37.7. The Balaban J connectivity index is 1.46. The zero-order chi connectivity index (χ0) is 84.2.